The largest absolute Gasteiger partial charge is 0.497 e. The van der Waals surface area contributed by atoms with Crippen molar-refractivity contribution in [2.75, 3.05) is 26.7 Å². The number of likely N-dealkylation sites (tertiary alicyclic amines) is 1. The van der Waals surface area contributed by atoms with E-state index in [-0.39, 0.29) is 17.2 Å². The van der Waals surface area contributed by atoms with E-state index in [0.29, 0.717) is 25.1 Å². The van der Waals surface area contributed by atoms with Gasteiger partial charge in [-0.1, -0.05) is 0 Å². The highest BCUT2D eigenvalue weighted by Gasteiger charge is 2.45. The SMILES string of the molecule is COc1ccc(C(=O)N2CCC3(CNC(=O)C3)C2)cc1. The Bertz CT molecular complexity index is 541. The van der Waals surface area contributed by atoms with Gasteiger partial charge in [-0.05, 0) is 30.7 Å². The van der Waals surface area contributed by atoms with Crippen molar-refractivity contribution in [2.24, 2.45) is 5.41 Å². The quantitative estimate of drug-likeness (QED) is 0.877. The Hall–Kier alpha value is -2.04. The van der Waals surface area contributed by atoms with Gasteiger partial charge in [0.25, 0.3) is 5.91 Å². The number of carbonyl (C=O) groups is 2. The molecule has 0 aliphatic carbocycles. The normalized spacial score (nSPS) is 25.1. The first-order chi connectivity index (χ1) is 9.62. The smallest absolute Gasteiger partial charge is 0.253 e. The van der Waals surface area contributed by atoms with E-state index in [1.807, 2.05) is 4.90 Å². The summed E-state index contributed by atoms with van der Waals surface area (Å²) in [7, 11) is 1.60. The lowest BCUT2D eigenvalue weighted by molar-refractivity contribution is -0.119. The number of amides is 2. The number of hydrogen-bond donors (Lipinski definition) is 1. The minimum absolute atomic E-state index is 0.0314. The lowest BCUT2D eigenvalue weighted by Gasteiger charge is -2.21. The van der Waals surface area contributed by atoms with Crippen LogP contribution in [0.4, 0.5) is 0 Å². The molecule has 2 aliphatic rings. The average Bonchev–Trinajstić information content (AvgIpc) is 3.05. The van der Waals surface area contributed by atoms with E-state index in [1.54, 1.807) is 31.4 Å². The summed E-state index contributed by atoms with van der Waals surface area (Å²) in [5.74, 6) is 0.873. The summed E-state index contributed by atoms with van der Waals surface area (Å²) >= 11 is 0. The van der Waals surface area contributed by atoms with Gasteiger partial charge in [0.05, 0.1) is 7.11 Å². The highest BCUT2D eigenvalue weighted by molar-refractivity contribution is 5.94. The van der Waals surface area contributed by atoms with E-state index >= 15 is 0 Å². The van der Waals surface area contributed by atoms with E-state index in [1.165, 1.54) is 0 Å². The number of ether oxygens (including phenoxy) is 1. The van der Waals surface area contributed by atoms with Gasteiger partial charge in [0, 0.05) is 37.0 Å². The molecule has 2 fully saturated rings. The van der Waals surface area contributed by atoms with Crippen molar-refractivity contribution in [1.82, 2.24) is 10.2 Å². The average molecular weight is 274 g/mol. The fourth-order valence-corrected chi connectivity index (χ4v) is 3.06. The third-order valence-corrected chi connectivity index (χ3v) is 4.26. The van der Waals surface area contributed by atoms with Gasteiger partial charge in [-0.15, -0.1) is 0 Å². The molecule has 2 aliphatic heterocycles. The van der Waals surface area contributed by atoms with Gasteiger partial charge >= 0.3 is 0 Å². The van der Waals surface area contributed by atoms with Gasteiger partial charge in [0.2, 0.25) is 5.91 Å². The van der Waals surface area contributed by atoms with Crippen LogP contribution in [-0.2, 0) is 4.79 Å². The van der Waals surface area contributed by atoms with Crippen molar-refractivity contribution in [1.29, 1.82) is 0 Å². The molecule has 1 atom stereocenters. The maximum atomic E-state index is 12.4. The van der Waals surface area contributed by atoms with Gasteiger partial charge in [0.1, 0.15) is 5.75 Å². The van der Waals surface area contributed by atoms with E-state index in [2.05, 4.69) is 5.32 Å². The number of hydrogen-bond acceptors (Lipinski definition) is 3. The zero-order valence-electron chi connectivity index (χ0n) is 11.5. The van der Waals surface area contributed by atoms with Crippen molar-refractivity contribution >= 4 is 11.8 Å². The zero-order valence-corrected chi connectivity index (χ0v) is 11.5. The predicted molar refractivity (Wildman–Crippen MR) is 73.6 cm³/mol. The van der Waals surface area contributed by atoms with E-state index < -0.39 is 0 Å². The van der Waals surface area contributed by atoms with Crippen LogP contribution in [0.15, 0.2) is 24.3 Å². The van der Waals surface area contributed by atoms with Crippen LogP contribution in [0.25, 0.3) is 0 Å². The lowest BCUT2D eigenvalue weighted by Crippen LogP contribution is -2.33. The monoisotopic (exact) mass is 274 g/mol. The van der Waals surface area contributed by atoms with Crippen LogP contribution in [-0.4, -0.2) is 43.5 Å². The van der Waals surface area contributed by atoms with E-state index in [4.69, 9.17) is 4.74 Å². The maximum Gasteiger partial charge on any atom is 0.253 e. The van der Waals surface area contributed by atoms with Crippen LogP contribution in [0, 0.1) is 5.41 Å². The molecule has 1 aromatic carbocycles. The van der Waals surface area contributed by atoms with Crippen LogP contribution in [0.1, 0.15) is 23.2 Å². The predicted octanol–water partition coefficient (Wildman–Crippen LogP) is 1.05. The fourth-order valence-electron chi connectivity index (χ4n) is 3.06. The first kappa shape index (κ1) is 13.0. The summed E-state index contributed by atoms with van der Waals surface area (Å²) in [4.78, 5) is 25.7. The van der Waals surface area contributed by atoms with Crippen LogP contribution >= 0.6 is 0 Å². The Kier molecular flexibility index (Phi) is 3.12. The second kappa shape index (κ2) is 4.81. The van der Waals surface area contributed by atoms with Crippen molar-refractivity contribution in [3.8, 4) is 5.75 Å². The Labute approximate surface area is 117 Å². The maximum absolute atomic E-state index is 12.4. The molecule has 20 heavy (non-hydrogen) atoms. The standard InChI is InChI=1S/C15H18N2O3/c1-20-12-4-2-11(3-5-12)14(19)17-7-6-15(10-17)8-13(18)16-9-15/h2-5H,6-10H2,1H3,(H,16,18). The Morgan fingerprint density at radius 1 is 1.35 bits per heavy atom. The van der Waals surface area contributed by atoms with E-state index in [0.717, 1.165) is 18.7 Å². The molecular formula is C15H18N2O3. The van der Waals surface area contributed by atoms with Gasteiger partial charge < -0.3 is 15.0 Å². The molecule has 2 heterocycles. The molecule has 5 heteroatoms. The highest BCUT2D eigenvalue weighted by Crippen LogP contribution is 2.37. The van der Waals surface area contributed by atoms with Crippen molar-refractivity contribution in [3.05, 3.63) is 29.8 Å². The Morgan fingerprint density at radius 3 is 2.70 bits per heavy atom. The number of rotatable bonds is 2. The van der Waals surface area contributed by atoms with E-state index in [9.17, 15) is 9.59 Å². The summed E-state index contributed by atoms with van der Waals surface area (Å²) in [6.45, 7) is 2.08. The van der Waals surface area contributed by atoms with Crippen LogP contribution < -0.4 is 10.1 Å². The minimum atomic E-state index is -0.0424. The Morgan fingerprint density at radius 2 is 2.10 bits per heavy atom. The second-order valence-electron chi connectivity index (χ2n) is 5.66. The summed E-state index contributed by atoms with van der Waals surface area (Å²) in [5.41, 5.74) is 0.624. The highest BCUT2D eigenvalue weighted by atomic mass is 16.5. The summed E-state index contributed by atoms with van der Waals surface area (Å²) < 4.78 is 5.09. The topological polar surface area (TPSA) is 58.6 Å². The number of nitrogens with one attached hydrogen (secondary N) is 1. The summed E-state index contributed by atoms with van der Waals surface area (Å²) in [6, 6.07) is 7.15. The minimum Gasteiger partial charge on any atom is -0.497 e. The molecule has 0 saturated carbocycles. The molecule has 0 aromatic heterocycles. The molecule has 0 bridgehead atoms. The summed E-state index contributed by atoms with van der Waals surface area (Å²) in [6.07, 6.45) is 1.44. The van der Waals surface area contributed by atoms with Crippen molar-refractivity contribution < 1.29 is 14.3 Å². The van der Waals surface area contributed by atoms with Gasteiger partial charge in [-0.2, -0.15) is 0 Å². The molecule has 1 unspecified atom stereocenters. The molecule has 2 amide bonds. The van der Waals surface area contributed by atoms with Gasteiger partial charge in [0.15, 0.2) is 0 Å². The first-order valence-corrected chi connectivity index (χ1v) is 6.82. The van der Waals surface area contributed by atoms with Crippen LogP contribution in [0.3, 0.4) is 0 Å². The molecule has 3 rings (SSSR count). The third kappa shape index (κ3) is 2.24. The summed E-state index contributed by atoms with van der Waals surface area (Å²) in [5, 5.41) is 2.87. The lowest BCUT2D eigenvalue weighted by atomic mass is 9.86. The number of methoxy groups -OCH3 is 1. The molecule has 106 valence electrons. The van der Waals surface area contributed by atoms with Gasteiger partial charge in [-0.25, -0.2) is 0 Å². The molecule has 1 aromatic rings. The van der Waals surface area contributed by atoms with Crippen LogP contribution in [0.2, 0.25) is 0 Å². The molecule has 1 N–H and O–H groups in total. The third-order valence-electron chi connectivity index (χ3n) is 4.26. The molecule has 2 saturated heterocycles. The molecule has 5 nitrogen and oxygen atoms in total. The zero-order chi connectivity index (χ0) is 14.2. The first-order valence-electron chi connectivity index (χ1n) is 6.82. The molecule has 1 spiro atoms. The van der Waals surface area contributed by atoms with Crippen molar-refractivity contribution in [3.63, 3.8) is 0 Å². The number of nitrogens with zero attached hydrogens (tertiary/aromatic N) is 1. The fraction of sp³-hybridized carbons (Fsp3) is 0.467. The number of carbonyl (C=O) groups excluding carboxylic acids is 2. The number of benzene rings is 1. The van der Waals surface area contributed by atoms with Gasteiger partial charge in [-0.3, -0.25) is 9.59 Å². The molecular weight excluding hydrogens is 256 g/mol. The Balaban J connectivity index is 1.70. The van der Waals surface area contributed by atoms with Crippen LogP contribution in [0.5, 0.6) is 5.75 Å². The molecule has 0 radical (unpaired) electrons. The van der Waals surface area contributed by atoms with Crippen molar-refractivity contribution in [2.45, 2.75) is 12.8 Å². The second-order valence-corrected chi connectivity index (χ2v) is 5.66.